The Morgan fingerprint density at radius 2 is 2.24 bits per heavy atom. The van der Waals surface area contributed by atoms with Crippen LogP contribution < -0.4 is 4.74 Å². The molecule has 1 heterocycles. The van der Waals surface area contributed by atoms with Crippen LogP contribution in [0.3, 0.4) is 0 Å². The van der Waals surface area contributed by atoms with Crippen molar-refractivity contribution in [1.82, 2.24) is 4.90 Å². The summed E-state index contributed by atoms with van der Waals surface area (Å²) in [6, 6.07) is 7.43. The highest BCUT2D eigenvalue weighted by atomic mass is 16.5. The summed E-state index contributed by atoms with van der Waals surface area (Å²) in [5, 5.41) is 17.6. The first kappa shape index (κ1) is 15.3. The number of methoxy groups -OCH3 is 1. The molecule has 1 aliphatic heterocycles. The van der Waals surface area contributed by atoms with Crippen molar-refractivity contribution in [2.24, 2.45) is 0 Å². The molecule has 2 rings (SSSR count). The maximum atomic E-state index is 10.5. The summed E-state index contributed by atoms with van der Waals surface area (Å²) >= 11 is 0. The fourth-order valence-corrected chi connectivity index (χ4v) is 2.55. The van der Waals surface area contributed by atoms with Gasteiger partial charge in [-0.25, -0.2) is 4.79 Å². The predicted molar refractivity (Wildman–Crippen MR) is 75.0 cm³/mol. The van der Waals surface area contributed by atoms with Gasteiger partial charge in [0.25, 0.3) is 0 Å². The molecular weight excluding hydrogens is 272 g/mol. The summed E-state index contributed by atoms with van der Waals surface area (Å²) in [5.74, 6) is -0.216. The largest absolute Gasteiger partial charge is 0.496 e. The molecule has 0 bridgehead atoms. The fourth-order valence-electron chi connectivity index (χ4n) is 2.55. The Labute approximate surface area is 123 Å². The van der Waals surface area contributed by atoms with E-state index >= 15 is 0 Å². The molecule has 0 unspecified atom stereocenters. The van der Waals surface area contributed by atoms with Crippen molar-refractivity contribution in [2.45, 2.75) is 19.1 Å². The first-order valence-electron chi connectivity index (χ1n) is 6.61. The van der Waals surface area contributed by atoms with Gasteiger partial charge < -0.3 is 14.6 Å². The Balaban J connectivity index is 1.96. The highest BCUT2D eigenvalue weighted by Gasteiger charge is 2.40. The van der Waals surface area contributed by atoms with Crippen molar-refractivity contribution in [3.63, 3.8) is 0 Å². The number of ether oxygens (including phenoxy) is 2. The summed E-state index contributed by atoms with van der Waals surface area (Å²) < 4.78 is 10.7. The van der Waals surface area contributed by atoms with Gasteiger partial charge in [-0.05, 0) is 25.1 Å². The zero-order valence-corrected chi connectivity index (χ0v) is 12.1. The number of carboxylic acids is 1. The fraction of sp³-hybridized carbons (Fsp3) is 0.467. The number of hydrogen-bond donors (Lipinski definition) is 1. The van der Waals surface area contributed by atoms with Crippen molar-refractivity contribution in [2.75, 3.05) is 26.8 Å². The van der Waals surface area contributed by atoms with Crippen LogP contribution in [-0.4, -0.2) is 48.4 Å². The smallest absolute Gasteiger partial charge is 0.329 e. The monoisotopic (exact) mass is 290 g/mol. The minimum absolute atomic E-state index is 0.280. The van der Waals surface area contributed by atoms with E-state index in [1.165, 1.54) is 0 Å². The molecule has 0 aromatic heterocycles. The van der Waals surface area contributed by atoms with Crippen LogP contribution in [0.4, 0.5) is 0 Å². The summed E-state index contributed by atoms with van der Waals surface area (Å²) in [7, 11) is 1.60. The van der Waals surface area contributed by atoms with Gasteiger partial charge in [-0.1, -0.05) is 0 Å². The van der Waals surface area contributed by atoms with E-state index in [1.807, 2.05) is 13.0 Å². The third-order valence-corrected chi connectivity index (χ3v) is 3.46. The summed E-state index contributed by atoms with van der Waals surface area (Å²) in [5.41, 5.74) is 1.12. The van der Waals surface area contributed by atoms with Gasteiger partial charge in [0.15, 0.2) is 0 Å². The van der Waals surface area contributed by atoms with Gasteiger partial charge in [-0.15, -0.1) is 0 Å². The number of carboxylic acid groups (broad SMARTS) is 1. The first-order chi connectivity index (χ1) is 9.95. The molecule has 0 saturated carbocycles. The lowest BCUT2D eigenvalue weighted by atomic mass is 9.95. The van der Waals surface area contributed by atoms with Crippen LogP contribution in [0.2, 0.25) is 0 Å². The molecule has 0 atom stereocenters. The summed E-state index contributed by atoms with van der Waals surface area (Å²) in [4.78, 5) is 12.7. The number of benzene rings is 1. The molecule has 1 N–H and O–H groups in total. The summed E-state index contributed by atoms with van der Waals surface area (Å²) in [6.07, 6.45) is 0. The molecule has 6 heteroatoms. The van der Waals surface area contributed by atoms with E-state index in [0.29, 0.717) is 25.2 Å². The average molecular weight is 290 g/mol. The lowest BCUT2D eigenvalue weighted by Crippen LogP contribution is -2.61. The first-order valence-corrected chi connectivity index (χ1v) is 6.61. The standard InChI is InChI=1S/C15H18N2O4/c1-15(21-8-14(18)19)9-17(10-15)7-12-5-11(6-16)3-4-13(12)20-2/h3-5H,7-10H2,1-2H3,(H,18,19). The van der Waals surface area contributed by atoms with Crippen molar-refractivity contribution in [3.8, 4) is 11.8 Å². The minimum Gasteiger partial charge on any atom is -0.496 e. The van der Waals surface area contributed by atoms with Gasteiger partial charge in [-0.2, -0.15) is 5.26 Å². The van der Waals surface area contributed by atoms with Crippen LogP contribution in [-0.2, 0) is 16.1 Å². The molecule has 0 amide bonds. The second kappa shape index (κ2) is 6.12. The third-order valence-electron chi connectivity index (χ3n) is 3.46. The normalized spacial score (nSPS) is 16.8. The highest BCUT2D eigenvalue weighted by Crippen LogP contribution is 2.29. The molecule has 0 radical (unpaired) electrons. The van der Waals surface area contributed by atoms with Gasteiger partial charge in [0.1, 0.15) is 12.4 Å². The molecule has 1 saturated heterocycles. The van der Waals surface area contributed by atoms with Crippen molar-refractivity contribution >= 4 is 5.97 Å². The topological polar surface area (TPSA) is 82.8 Å². The van der Waals surface area contributed by atoms with Gasteiger partial charge in [0, 0.05) is 25.2 Å². The lowest BCUT2D eigenvalue weighted by Gasteiger charge is -2.47. The van der Waals surface area contributed by atoms with E-state index < -0.39 is 11.6 Å². The van der Waals surface area contributed by atoms with Crippen LogP contribution in [0, 0.1) is 11.3 Å². The van der Waals surface area contributed by atoms with Crippen molar-refractivity contribution in [1.29, 1.82) is 5.26 Å². The average Bonchev–Trinajstić information content (AvgIpc) is 2.43. The number of hydrogen-bond acceptors (Lipinski definition) is 5. The van der Waals surface area contributed by atoms with Gasteiger partial charge in [-0.3, -0.25) is 4.90 Å². The van der Waals surface area contributed by atoms with Crippen LogP contribution >= 0.6 is 0 Å². The molecule has 1 aromatic carbocycles. The van der Waals surface area contributed by atoms with Crippen LogP contribution in [0.25, 0.3) is 0 Å². The zero-order valence-electron chi connectivity index (χ0n) is 12.1. The maximum absolute atomic E-state index is 10.5. The third kappa shape index (κ3) is 3.72. The quantitative estimate of drug-likeness (QED) is 0.848. The van der Waals surface area contributed by atoms with E-state index in [2.05, 4.69) is 11.0 Å². The Bertz CT molecular complexity index is 574. The second-order valence-electron chi connectivity index (χ2n) is 5.42. The molecule has 1 fully saturated rings. The van der Waals surface area contributed by atoms with Crippen LogP contribution in [0.15, 0.2) is 18.2 Å². The molecule has 112 valence electrons. The lowest BCUT2D eigenvalue weighted by molar-refractivity contribution is -0.165. The SMILES string of the molecule is COc1ccc(C#N)cc1CN1CC(C)(OCC(=O)O)C1. The molecule has 0 aliphatic carbocycles. The Kier molecular flexibility index (Phi) is 4.46. The van der Waals surface area contributed by atoms with Crippen LogP contribution in [0.5, 0.6) is 5.75 Å². The number of likely N-dealkylation sites (tertiary alicyclic amines) is 1. The molecule has 1 aromatic rings. The van der Waals surface area contributed by atoms with Crippen molar-refractivity contribution in [3.05, 3.63) is 29.3 Å². The molecule has 1 aliphatic rings. The number of nitriles is 1. The number of carbonyl (C=O) groups is 1. The Morgan fingerprint density at radius 1 is 1.52 bits per heavy atom. The van der Waals surface area contributed by atoms with Crippen LogP contribution in [0.1, 0.15) is 18.1 Å². The summed E-state index contributed by atoms with van der Waals surface area (Å²) in [6.45, 7) is 3.57. The van der Waals surface area contributed by atoms with E-state index in [9.17, 15) is 4.79 Å². The number of rotatable bonds is 6. The second-order valence-corrected chi connectivity index (χ2v) is 5.42. The molecule has 6 nitrogen and oxygen atoms in total. The predicted octanol–water partition coefficient (Wildman–Crippen LogP) is 1.24. The van der Waals surface area contributed by atoms with E-state index in [1.54, 1.807) is 19.2 Å². The van der Waals surface area contributed by atoms with E-state index in [0.717, 1.165) is 11.3 Å². The maximum Gasteiger partial charge on any atom is 0.329 e. The minimum atomic E-state index is -0.960. The van der Waals surface area contributed by atoms with Gasteiger partial charge >= 0.3 is 5.97 Å². The molecule has 0 spiro atoms. The number of aliphatic carboxylic acids is 1. The number of nitrogens with zero attached hydrogens (tertiary/aromatic N) is 2. The molecular formula is C15H18N2O4. The zero-order chi connectivity index (χ0) is 15.5. The van der Waals surface area contributed by atoms with E-state index in [-0.39, 0.29) is 6.61 Å². The highest BCUT2D eigenvalue weighted by molar-refractivity contribution is 5.68. The Morgan fingerprint density at radius 3 is 2.81 bits per heavy atom. The van der Waals surface area contributed by atoms with Gasteiger partial charge in [0.2, 0.25) is 0 Å². The Hall–Kier alpha value is -2.10. The van der Waals surface area contributed by atoms with Crippen molar-refractivity contribution < 1.29 is 19.4 Å². The molecule has 21 heavy (non-hydrogen) atoms. The van der Waals surface area contributed by atoms with Gasteiger partial charge in [0.05, 0.1) is 24.3 Å². The van der Waals surface area contributed by atoms with E-state index in [4.69, 9.17) is 19.8 Å².